The third-order valence-corrected chi connectivity index (χ3v) is 2.58. The molecule has 0 unspecified atom stereocenters. The molecule has 2 aromatic heterocycles. The highest BCUT2D eigenvalue weighted by Crippen LogP contribution is 2.21. The SMILES string of the molecule is Nc1ccc2oc(C(=O)NCc3ncon3)cc2c1. The molecule has 0 spiro atoms. The molecular formula is C12H10N4O3. The van der Waals surface area contributed by atoms with Crippen LogP contribution in [0.15, 0.2) is 39.6 Å². The van der Waals surface area contributed by atoms with Gasteiger partial charge in [-0.3, -0.25) is 4.79 Å². The van der Waals surface area contributed by atoms with Crippen molar-refractivity contribution in [3.8, 4) is 0 Å². The number of amides is 1. The number of nitrogens with one attached hydrogen (secondary N) is 1. The predicted octanol–water partition coefficient (Wildman–Crippen LogP) is 1.33. The second kappa shape index (κ2) is 4.45. The number of rotatable bonds is 3. The van der Waals surface area contributed by atoms with Crippen molar-refractivity contribution >= 4 is 22.6 Å². The number of nitrogens with two attached hydrogens (primary N) is 1. The van der Waals surface area contributed by atoms with Gasteiger partial charge in [0.25, 0.3) is 5.91 Å². The molecule has 96 valence electrons. The Morgan fingerprint density at radius 2 is 2.26 bits per heavy atom. The summed E-state index contributed by atoms with van der Waals surface area (Å²) >= 11 is 0. The smallest absolute Gasteiger partial charge is 0.287 e. The van der Waals surface area contributed by atoms with E-state index in [9.17, 15) is 4.79 Å². The summed E-state index contributed by atoms with van der Waals surface area (Å²) in [6.07, 6.45) is 1.20. The quantitative estimate of drug-likeness (QED) is 0.686. The van der Waals surface area contributed by atoms with E-state index in [1.54, 1.807) is 24.3 Å². The van der Waals surface area contributed by atoms with Crippen LogP contribution in [-0.2, 0) is 6.54 Å². The molecule has 19 heavy (non-hydrogen) atoms. The van der Waals surface area contributed by atoms with Crippen molar-refractivity contribution in [2.75, 3.05) is 5.73 Å². The number of carbonyl (C=O) groups is 1. The molecule has 0 aliphatic heterocycles. The molecule has 0 atom stereocenters. The molecule has 0 aliphatic rings. The Labute approximate surface area is 107 Å². The van der Waals surface area contributed by atoms with Crippen LogP contribution < -0.4 is 11.1 Å². The lowest BCUT2D eigenvalue weighted by molar-refractivity contribution is 0.0924. The van der Waals surface area contributed by atoms with Gasteiger partial charge in [-0.25, -0.2) is 0 Å². The molecule has 3 aromatic rings. The van der Waals surface area contributed by atoms with Gasteiger partial charge in [0.1, 0.15) is 5.58 Å². The number of anilines is 1. The number of aromatic nitrogens is 2. The lowest BCUT2D eigenvalue weighted by Crippen LogP contribution is -2.22. The molecule has 7 nitrogen and oxygen atoms in total. The molecule has 1 aromatic carbocycles. The van der Waals surface area contributed by atoms with Crippen molar-refractivity contribution in [3.05, 3.63) is 42.2 Å². The lowest BCUT2D eigenvalue weighted by Gasteiger charge is -1.97. The number of hydrogen-bond donors (Lipinski definition) is 2. The fourth-order valence-electron chi connectivity index (χ4n) is 1.69. The molecule has 7 heteroatoms. The number of nitrogens with zero attached hydrogens (tertiary/aromatic N) is 2. The normalized spacial score (nSPS) is 10.7. The van der Waals surface area contributed by atoms with Crippen molar-refractivity contribution in [3.63, 3.8) is 0 Å². The van der Waals surface area contributed by atoms with Crippen LogP contribution in [0.3, 0.4) is 0 Å². The van der Waals surface area contributed by atoms with Gasteiger partial charge in [-0.15, -0.1) is 0 Å². The second-order valence-corrected chi connectivity index (χ2v) is 3.94. The van der Waals surface area contributed by atoms with Gasteiger partial charge in [0.15, 0.2) is 11.6 Å². The van der Waals surface area contributed by atoms with E-state index < -0.39 is 0 Å². The van der Waals surface area contributed by atoms with Crippen LogP contribution in [0.4, 0.5) is 5.69 Å². The minimum absolute atomic E-state index is 0.175. The van der Waals surface area contributed by atoms with E-state index in [1.807, 2.05) is 0 Å². The highest BCUT2D eigenvalue weighted by Gasteiger charge is 2.12. The molecule has 3 N–H and O–H groups in total. The van der Waals surface area contributed by atoms with Crippen LogP contribution in [0.25, 0.3) is 11.0 Å². The molecule has 0 radical (unpaired) electrons. The van der Waals surface area contributed by atoms with Crippen molar-refractivity contribution in [1.29, 1.82) is 0 Å². The maximum absolute atomic E-state index is 11.9. The highest BCUT2D eigenvalue weighted by molar-refractivity contribution is 5.96. The number of carbonyl (C=O) groups excluding carboxylic acids is 1. The molecule has 0 fully saturated rings. The Hall–Kier alpha value is -2.83. The zero-order chi connectivity index (χ0) is 13.2. The molecular weight excluding hydrogens is 248 g/mol. The van der Waals surface area contributed by atoms with Crippen LogP contribution in [0.1, 0.15) is 16.4 Å². The van der Waals surface area contributed by atoms with E-state index >= 15 is 0 Å². The monoisotopic (exact) mass is 258 g/mol. The summed E-state index contributed by atoms with van der Waals surface area (Å²) in [7, 11) is 0. The summed E-state index contributed by atoms with van der Waals surface area (Å²) in [6.45, 7) is 0.175. The number of furan rings is 1. The molecule has 3 rings (SSSR count). The average molecular weight is 258 g/mol. The average Bonchev–Trinajstić information content (AvgIpc) is 3.04. The van der Waals surface area contributed by atoms with Gasteiger partial charge in [-0.05, 0) is 24.3 Å². The Balaban J connectivity index is 1.77. The molecule has 1 amide bonds. The Morgan fingerprint density at radius 1 is 1.37 bits per heavy atom. The Kier molecular flexibility index (Phi) is 2.64. The third kappa shape index (κ3) is 2.25. The largest absolute Gasteiger partial charge is 0.451 e. The fourth-order valence-corrected chi connectivity index (χ4v) is 1.69. The maximum Gasteiger partial charge on any atom is 0.287 e. The molecule has 0 aliphatic carbocycles. The van der Waals surface area contributed by atoms with Gasteiger partial charge < -0.3 is 20.0 Å². The minimum Gasteiger partial charge on any atom is -0.451 e. The summed E-state index contributed by atoms with van der Waals surface area (Å²) in [5.74, 6) is 0.261. The predicted molar refractivity (Wildman–Crippen MR) is 66.1 cm³/mol. The second-order valence-electron chi connectivity index (χ2n) is 3.94. The maximum atomic E-state index is 11.9. The summed E-state index contributed by atoms with van der Waals surface area (Å²) < 4.78 is 9.99. The van der Waals surface area contributed by atoms with E-state index in [-0.39, 0.29) is 18.2 Å². The van der Waals surface area contributed by atoms with E-state index in [0.717, 1.165) is 5.39 Å². The van der Waals surface area contributed by atoms with Crippen LogP contribution in [-0.4, -0.2) is 16.0 Å². The van der Waals surface area contributed by atoms with E-state index in [1.165, 1.54) is 6.39 Å². The van der Waals surface area contributed by atoms with Gasteiger partial charge in [-0.2, -0.15) is 4.98 Å². The van der Waals surface area contributed by atoms with Crippen LogP contribution >= 0.6 is 0 Å². The zero-order valence-electron chi connectivity index (χ0n) is 9.79. The van der Waals surface area contributed by atoms with Crippen LogP contribution in [0.2, 0.25) is 0 Å². The molecule has 2 heterocycles. The first-order chi connectivity index (χ1) is 9.22. The summed E-state index contributed by atoms with van der Waals surface area (Å²) in [5.41, 5.74) is 6.89. The number of nitrogen functional groups attached to an aromatic ring is 1. The topological polar surface area (TPSA) is 107 Å². The number of fused-ring (bicyclic) bond motifs is 1. The van der Waals surface area contributed by atoms with Crippen LogP contribution in [0, 0.1) is 0 Å². The van der Waals surface area contributed by atoms with E-state index in [4.69, 9.17) is 10.2 Å². The fraction of sp³-hybridized carbons (Fsp3) is 0.0833. The van der Waals surface area contributed by atoms with Crippen molar-refractivity contribution in [2.45, 2.75) is 6.54 Å². The summed E-state index contributed by atoms with van der Waals surface area (Å²) in [6, 6.07) is 6.82. The van der Waals surface area contributed by atoms with E-state index in [0.29, 0.717) is 17.1 Å². The van der Waals surface area contributed by atoms with Crippen molar-refractivity contribution in [2.24, 2.45) is 0 Å². The van der Waals surface area contributed by atoms with Crippen molar-refractivity contribution in [1.82, 2.24) is 15.5 Å². The lowest BCUT2D eigenvalue weighted by atomic mass is 10.2. The first kappa shape index (κ1) is 11.3. The third-order valence-electron chi connectivity index (χ3n) is 2.58. The summed E-state index contributed by atoms with van der Waals surface area (Å²) in [4.78, 5) is 15.7. The van der Waals surface area contributed by atoms with Gasteiger partial charge in [0.2, 0.25) is 6.39 Å². The molecule has 0 saturated carbocycles. The highest BCUT2D eigenvalue weighted by atomic mass is 16.5. The first-order valence-electron chi connectivity index (χ1n) is 5.55. The minimum atomic E-state index is -0.348. The molecule has 0 bridgehead atoms. The van der Waals surface area contributed by atoms with Crippen LogP contribution in [0.5, 0.6) is 0 Å². The van der Waals surface area contributed by atoms with E-state index in [2.05, 4.69) is 20.0 Å². The first-order valence-corrected chi connectivity index (χ1v) is 5.55. The standard InChI is InChI=1S/C12H10N4O3/c13-8-1-2-9-7(3-8)4-10(19-9)12(17)14-5-11-15-6-18-16-11/h1-4,6H,5,13H2,(H,14,17). The molecule has 0 saturated heterocycles. The van der Waals surface area contributed by atoms with Gasteiger partial charge in [0, 0.05) is 11.1 Å². The van der Waals surface area contributed by atoms with Gasteiger partial charge in [-0.1, -0.05) is 5.16 Å². The van der Waals surface area contributed by atoms with Gasteiger partial charge >= 0.3 is 0 Å². The zero-order valence-corrected chi connectivity index (χ0v) is 9.79. The Morgan fingerprint density at radius 3 is 3.05 bits per heavy atom. The number of benzene rings is 1. The Bertz CT molecular complexity index is 718. The van der Waals surface area contributed by atoms with Gasteiger partial charge in [0.05, 0.1) is 6.54 Å². The summed E-state index contributed by atoms with van der Waals surface area (Å²) in [5, 5.41) is 7.00. The van der Waals surface area contributed by atoms with Crippen molar-refractivity contribution < 1.29 is 13.7 Å². The number of hydrogen-bond acceptors (Lipinski definition) is 6.